The molecule has 2 saturated heterocycles. The van der Waals surface area contributed by atoms with E-state index in [9.17, 15) is 18.0 Å². The standard InChI is InChI=1S/C24H30F3N3O2/c25-24(26,27)21-10-19(13-28)9-20(11-21)14-29-22(31)23(12-17-1-2-17)5-6-30(16-23)15-18-3-7-32-8-4-18/h9-11,17-18H,1-8,12,14-16H2,(H,29,31). The van der Waals surface area contributed by atoms with Gasteiger partial charge in [0.25, 0.3) is 0 Å². The molecule has 0 radical (unpaired) electrons. The summed E-state index contributed by atoms with van der Waals surface area (Å²) in [5.41, 5.74) is -1.10. The van der Waals surface area contributed by atoms with Crippen LogP contribution in [0.4, 0.5) is 13.2 Å². The first kappa shape index (κ1) is 23.1. The molecule has 3 aliphatic rings. The molecule has 2 heterocycles. The highest BCUT2D eigenvalue weighted by Gasteiger charge is 2.47. The van der Waals surface area contributed by atoms with Crippen molar-refractivity contribution in [3.8, 4) is 6.07 Å². The van der Waals surface area contributed by atoms with E-state index in [1.807, 2.05) is 0 Å². The largest absolute Gasteiger partial charge is 0.416 e. The molecule has 4 rings (SSSR count). The summed E-state index contributed by atoms with van der Waals surface area (Å²) < 4.78 is 44.9. The van der Waals surface area contributed by atoms with Gasteiger partial charge in [-0.1, -0.05) is 12.8 Å². The van der Waals surface area contributed by atoms with Crippen LogP contribution in [-0.2, 0) is 22.3 Å². The van der Waals surface area contributed by atoms with E-state index >= 15 is 0 Å². The normalized spacial score (nSPS) is 24.9. The lowest BCUT2D eigenvalue weighted by Crippen LogP contribution is -2.44. The lowest BCUT2D eigenvalue weighted by molar-refractivity contribution is -0.137. The van der Waals surface area contributed by atoms with Gasteiger partial charge in [0.05, 0.1) is 22.6 Å². The monoisotopic (exact) mass is 449 g/mol. The number of nitrogens with zero attached hydrogens (tertiary/aromatic N) is 2. The van der Waals surface area contributed by atoms with Crippen LogP contribution in [0.2, 0.25) is 0 Å². The van der Waals surface area contributed by atoms with Crippen LogP contribution in [0.25, 0.3) is 0 Å². The van der Waals surface area contributed by atoms with Crippen LogP contribution in [0.15, 0.2) is 18.2 Å². The Morgan fingerprint density at radius 1 is 1.19 bits per heavy atom. The minimum Gasteiger partial charge on any atom is -0.381 e. The summed E-state index contributed by atoms with van der Waals surface area (Å²) in [5, 5.41) is 12.0. The van der Waals surface area contributed by atoms with Crippen molar-refractivity contribution in [2.45, 2.75) is 51.2 Å². The molecular weight excluding hydrogens is 419 g/mol. The third-order valence-corrected chi connectivity index (χ3v) is 7.05. The number of nitrogens with one attached hydrogen (secondary N) is 1. The maximum absolute atomic E-state index is 13.3. The smallest absolute Gasteiger partial charge is 0.381 e. The van der Waals surface area contributed by atoms with Gasteiger partial charge in [-0.25, -0.2) is 0 Å². The van der Waals surface area contributed by atoms with E-state index in [1.165, 1.54) is 6.07 Å². The van der Waals surface area contributed by atoms with E-state index in [2.05, 4.69) is 10.2 Å². The summed E-state index contributed by atoms with van der Waals surface area (Å²) in [6.07, 6.45) is 1.49. The van der Waals surface area contributed by atoms with Crippen molar-refractivity contribution in [1.29, 1.82) is 5.26 Å². The number of carbonyl (C=O) groups is 1. The van der Waals surface area contributed by atoms with Crippen LogP contribution in [0.5, 0.6) is 0 Å². The Balaban J connectivity index is 1.42. The second kappa shape index (κ2) is 9.40. The fraction of sp³-hybridized carbons (Fsp3) is 0.667. The Labute approximate surface area is 186 Å². The number of carbonyl (C=O) groups excluding carboxylic acids is 1. The average molecular weight is 450 g/mol. The van der Waals surface area contributed by atoms with Crippen molar-refractivity contribution in [3.05, 3.63) is 34.9 Å². The fourth-order valence-electron chi connectivity index (χ4n) is 5.12. The van der Waals surface area contributed by atoms with Gasteiger partial charge in [0.15, 0.2) is 0 Å². The Kier molecular flexibility index (Phi) is 6.78. The molecule has 1 amide bonds. The molecule has 1 aromatic carbocycles. The average Bonchev–Trinajstić information content (AvgIpc) is 3.50. The topological polar surface area (TPSA) is 65.4 Å². The van der Waals surface area contributed by atoms with E-state index in [-0.39, 0.29) is 18.0 Å². The number of amides is 1. The maximum Gasteiger partial charge on any atom is 0.416 e. The van der Waals surface area contributed by atoms with Crippen LogP contribution < -0.4 is 5.32 Å². The maximum atomic E-state index is 13.3. The first-order chi connectivity index (χ1) is 15.3. The Morgan fingerprint density at radius 3 is 2.59 bits per heavy atom. The van der Waals surface area contributed by atoms with Crippen LogP contribution in [-0.4, -0.2) is 43.7 Å². The second-order valence-electron chi connectivity index (χ2n) is 9.68. The van der Waals surface area contributed by atoms with E-state index in [4.69, 9.17) is 10.00 Å². The Bertz CT molecular complexity index is 872. The Hall–Kier alpha value is -2.11. The lowest BCUT2D eigenvalue weighted by Gasteiger charge is -2.31. The number of rotatable bonds is 7. The number of benzene rings is 1. The lowest BCUT2D eigenvalue weighted by atomic mass is 9.80. The molecule has 1 aliphatic carbocycles. The van der Waals surface area contributed by atoms with Gasteiger partial charge in [0.2, 0.25) is 5.91 Å². The van der Waals surface area contributed by atoms with E-state index in [0.717, 1.165) is 77.0 Å². The molecule has 0 spiro atoms. The molecule has 3 fully saturated rings. The molecule has 5 nitrogen and oxygen atoms in total. The first-order valence-corrected chi connectivity index (χ1v) is 11.5. The van der Waals surface area contributed by atoms with Gasteiger partial charge < -0.3 is 15.0 Å². The fourth-order valence-corrected chi connectivity index (χ4v) is 5.12. The SMILES string of the molecule is N#Cc1cc(CNC(=O)C2(CC3CC3)CCN(CC3CCOCC3)C2)cc(C(F)(F)F)c1. The molecule has 2 aliphatic heterocycles. The number of nitriles is 1. The van der Waals surface area contributed by atoms with E-state index in [1.54, 1.807) is 6.07 Å². The molecule has 0 bridgehead atoms. The Morgan fingerprint density at radius 2 is 1.94 bits per heavy atom. The highest BCUT2D eigenvalue weighted by Crippen LogP contribution is 2.45. The minimum atomic E-state index is -4.53. The van der Waals surface area contributed by atoms with Crippen molar-refractivity contribution in [3.63, 3.8) is 0 Å². The van der Waals surface area contributed by atoms with Crippen molar-refractivity contribution >= 4 is 5.91 Å². The van der Waals surface area contributed by atoms with Crippen molar-refractivity contribution in [1.82, 2.24) is 10.2 Å². The van der Waals surface area contributed by atoms with Crippen molar-refractivity contribution in [2.75, 3.05) is 32.8 Å². The zero-order valence-corrected chi connectivity index (χ0v) is 18.2. The molecule has 1 saturated carbocycles. The summed E-state index contributed by atoms with van der Waals surface area (Å²) in [5.74, 6) is 1.09. The molecule has 0 aromatic heterocycles. The summed E-state index contributed by atoms with van der Waals surface area (Å²) in [6.45, 7) is 4.15. The summed E-state index contributed by atoms with van der Waals surface area (Å²) >= 11 is 0. The third kappa shape index (κ3) is 5.62. The quantitative estimate of drug-likeness (QED) is 0.680. The number of ether oxygens (including phenoxy) is 1. The number of halogens is 3. The zero-order valence-electron chi connectivity index (χ0n) is 18.2. The number of hydrogen-bond donors (Lipinski definition) is 1. The van der Waals surface area contributed by atoms with Gasteiger partial charge >= 0.3 is 6.18 Å². The summed E-state index contributed by atoms with van der Waals surface area (Å²) in [6, 6.07) is 5.05. The van der Waals surface area contributed by atoms with Crippen LogP contribution >= 0.6 is 0 Å². The molecule has 32 heavy (non-hydrogen) atoms. The van der Waals surface area contributed by atoms with Crippen LogP contribution in [0.3, 0.4) is 0 Å². The van der Waals surface area contributed by atoms with Gasteiger partial charge in [0, 0.05) is 32.8 Å². The number of likely N-dealkylation sites (tertiary alicyclic amines) is 1. The molecule has 174 valence electrons. The zero-order chi connectivity index (χ0) is 22.8. The van der Waals surface area contributed by atoms with Crippen molar-refractivity contribution in [2.24, 2.45) is 17.3 Å². The van der Waals surface area contributed by atoms with Gasteiger partial charge in [-0.2, -0.15) is 18.4 Å². The number of hydrogen-bond acceptors (Lipinski definition) is 4. The van der Waals surface area contributed by atoms with Crippen LogP contribution in [0, 0.1) is 28.6 Å². The summed E-state index contributed by atoms with van der Waals surface area (Å²) in [4.78, 5) is 15.7. The predicted octanol–water partition coefficient (Wildman–Crippen LogP) is 4.11. The third-order valence-electron chi connectivity index (χ3n) is 7.05. The molecule has 1 atom stereocenters. The van der Waals surface area contributed by atoms with Gasteiger partial charge in [-0.15, -0.1) is 0 Å². The van der Waals surface area contributed by atoms with Crippen molar-refractivity contribution < 1.29 is 22.7 Å². The number of alkyl halides is 3. The molecule has 1 N–H and O–H groups in total. The van der Waals surface area contributed by atoms with Crippen LogP contribution in [0.1, 0.15) is 55.2 Å². The van der Waals surface area contributed by atoms with E-state index in [0.29, 0.717) is 23.9 Å². The van der Waals surface area contributed by atoms with Gasteiger partial charge in [-0.05, 0) is 67.8 Å². The highest BCUT2D eigenvalue weighted by molar-refractivity contribution is 5.83. The minimum absolute atomic E-state index is 0.0101. The van der Waals surface area contributed by atoms with E-state index < -0.39 is 17.2 Å². The first-order valence-electron chi connectivity index (χ1n) is 11.5. The highest BCUT2D eigenvalue weighted by atomic mass is 19.4. The molecule has 1 aromatic rings. The molecule has 8 heteroatoms. The predicted molar refractivity (Wildman–Crippen MR) is 112 cm³/mol. The van der Waals surface area contributed by atoms with Gasteiger partial charge in [0.1, 0.15) is 0 Å². The molecular formula is C24H30F3N3O2. The second-order valence-corrected chi connectivity index (χ2v) is 9.68. The van der Waals surface area contributed by atoms with Gasteiger partial charge in [-0.3, -0.25) is 4.79 Å². The molecule has 1 unspecified atom stereocenters. The summed E-state index contributed by atoms with van der Waals surface area (Å²) in [7, 11) is 0.